The second kappa shape index (κ2) is 10.4. The summed E-state index contributed by atoms with van der Waals surface area (Å²) in [7, 11) is 1.32. The lowest BCUT2D eigenvalue weighted by molar-refractivity contribution is -0.942. The zero-order valence-electron chi connectivity index (χ0n) is 20.8. The van der Waals surface area contributed by atoms with Gasteiger partial charge >= 0.3 is 11.9 Å². The Morgan fingerprint density at radius 3 is 2.24 bits per heavy atom. The molecule has 1 saturated carbocycles. The summed E-state index contributed by atoms with van der Waals surface area (Å²) in [6.07, 6.45) is 1.34. The minimum atomic E-state index is -0.736. The molecule has 7 nitrogen and oxygen atoms in total. The van der Waals surface area contributed by atoms with Crippen LogP contribution < -0.4 is 5.32 Å². The van der Waals surface area contributed by atoms with Crippen LogP contribution >= 0.6 is 0 Å². The number of carbonyl (C=O) groups is 3. The number of anilines is 1. The number of hydrogen-bond donors (Lipinski definition) is 1. The molecule has 0 radical (unpaired) electrons. The van der Waals surface area contributed by atoms with E-state index < -0.39 is 11.5 Å². The predicted octanol–water partition coefficient (Wildman–Crippen LogP) is 4.16. The van der Waals surface area contributed by atoms with E-state index in [9.17, 15) is 14.4 Å². The Balaban J connectivity index is 1.82. The SMILES string of the molecule is CC[N+](CC)(CC(=O)OCc1ccccc1)C1(C(=O)Nc2c(C)cc(C)cc2C(=O)OC)CC1. The maximum absolute atomic E-state index is 13.7. The largest absolute Gasteiger partial charge is 0.465 e. The Labute approximate surface area is 201 Å². The average molecular weight is 468 g/mol. The Bertz CT molecular complexity index is 1060. The van der Waals surface area contributed by atoms with Crippen LogP contribution in [0.4, 0.5) is 5.69 Å². The summed E-state index contributed by atoms with van der Waals surface area (Å²) in [5.41, 5.74) is 2.68. The van der Waals surface area contributed by atoms with E-state index in [1.54, 1.807) is 6.07 Å². The number of quaternary nitrogens is 1. The summed E-state index contributed by atoms with van der Waals surface area (Å²) in [4.78, 5) is 38.9. The fourth-order valence-electron chi connectivity index (χ4n) is 4.90. The molecular formula is C27H35N2O5+. The molecule has 2 aromatic carbocycles. The van der Waals surface area contributed by atoms with Crippen molar-refractivity contribution in [2.45, 2.75) is 52.7 Å². The molecular weight excluding hydrogens is 432 g/mol. The molecule has 0 saturated heterocycles. The van der Waals surface area contributed by atoms with E-state index in [2.05, 4.69) is 5.32 Å². The minimum Gasteiger partial charge on any atom is -0.465 e. The molecule has 1 amide bonds. The third kappa shape index (κ3) is 4.99. The van der Waals surface area contributed by atoms with Crippen LogP contribution in [0.2, 0.25) is 0 Å². The van der Waals surface area contributed by atoms with Crippen molar-refractivity contribution in [1.82, 2.24) is 0 Å². The number of likely N-dealkylation sites (N-methyl/N-ethyl adjacent to an activating group) is 1. The lowest BCUT2D eigenvalue weighted by atomic mass is 10.0. The van der Waals surface area contributed by atoms with Crippen molar-refractivity contribution in [3.05, 3.63) is 64.7 Å². The molecule has 0 heterocycles. The number of hydrogen-bond acceptors (Lipinski definition) is 5. The monoisotopic (exact) mass is 467 g/mol. The van der Waals surface area contributed by atoms with E-state index >= 15 is 0 Å². The molecule has 3 rings (SSSR count). The number of benzene rings is 2. The van der Waals surface area contributed by atoms with Gasteiger partial charge in [-0.05, 0) is 50.5 Å². The molecule has 0 bridgehead atoms. The van der Waals surface area contributed by atoms with Crippen molar-refractivity contribution in [1.29, 1.82) is 0 Å². The molecule has 0 aliphatic heterocycles. The number of nitrogens with one attached hydrogen (secondary N) is 1. The van der Waals surface area contributed by atoms with Gasteiger partial charge in [0.25, 0.3) is 5.91 Å². The predicted molar refractivity (Wildman–Crippen MR) is 130 cm³/mol. The quantitative estimate of drug-likeness (QED) is 0.419. The normalized spacial score (nSPS) is 14.3. The Kier molecular flexibility index (Phi) is 7.77. The summed E-state index contributed by atoms with van der Waals surface area (Å²) in [6.45, 7) is 9.29. The van der Waals surface area contributed by atoms with Crippen LogP contribution in [-0.2, 0) is 25.7 Å². The van der Waals surface area contributed by atoms with E-state index in [-0.39, 0.29) is 25.0 Å². The molecule has 0 aromatic heterocycles. The first-order valence-corrected chi connectivity index (χ1v) is 11.8. The van der Waals surface area contributed by atoms with Gasteiger partial charge in [0.1, 0.15) is 6.61 Å². The van der Waals surface area contributed by atoms with Gasteiger partial charge in [0.2, 0.25) is 0 Å². The van der Waals surface area contributed by atoms with Crippen LogP contribution in [0.1, 0.15) is 53.7 Å². The molecule has 1 N–H and O–H groups in total. The number of amides is 1. The van der Waals surface area contributed by atoms with Gasteiger partial charge in [-0.25, -0.2) is 9.59 Å². The smallest absolute Gasteiger partial charge is 0.362 e. The van der Waals surface area contributed by atoms with E-state index in [1.807, 2.05) is 64.1 Å². The lowest BCUT2D eigenvalue weighted by Gasteiger charge is -2.42. The van der Waals surface area contributed by atoms with Gasteiger partial charge in [-0.1, -0.05) is 36.4 Å². The second-order valence-electron chi connectivity index (χ2n) is 9.06. The number of rotatable bonds is 10. The molecule has 182 valence electrons. The van der Waals surface area contributed by atoms with Crippen LogP contribution in [0.25, 0.3) is 0 Å². The van der Waals surface area contributed by atoms with Gasteiger partial charge in [-0.15, -0.1) is 0 Å². The zero-order chi connectivity index (χ0) is 24.9. The van der Waals surface area contributed by atoms with Gasteiger partial charge in [0, 0.05) is 12.8 Å². The maximum atomic E-state index is 13.7. The maximum Gasteiger partial charge on any atom is 0.362 e. The van der Waals surface area contributed by atoms with Crippen LogP contribution in [0.3, 0.4) is 0 Å². The topological polar surface area (TPSA) is 81.7 Å². The molecule has 0 atom stereocenters. The number of carbonyl (C=O) groups excluding carboxylic acids is 3. The van der Waals surface area contributed by atoms with Gasteiger partial charge in [-0.2, -0.15) is 0 Å². The molecule has 1 aliphatic rings. The van der Waals surface area contributed by atoms with Crippen molar-refractivity contribution >= 4 is 23.5 Å². The average Bonchev–Trinajstić information content (AvgIpc) is 3.65. The Morgan fingerprint density at radius 1 is 1.03 bits per heavy atom. The highest BCUT2D eigenvalue weighted by atomic mass is 16.5. The lowest BCUT2D eigenvalue weighted by Crippen LogP contribution is -2.64. The summed E-state index contributed by atoms with van der Waals surface area (Å²) in [5.74, 6) is -0.999. The summed E-state index contributed by atoms with van der Waals surface area (Å²) >= 11 is 0. The number of methoxy groups -OCH3 is 1. The molecule has 0 unspecified atom stereocenters. The zero-order valence-corrected chi connectivity index (χ0v) is 20.8. The van der Waals surface area contributed by atoms with E-state index in [1.165, 1.54) is 7.11 Å². The van der Waals surface area contributed by atoms with Gasteiger partial charge < -0.3 is 19.3 Å². The van der Waals surface area contributed by atoms with Crippen LogP contribution in [0.5, 0.6) is 0 Å². The van der Waals surface area contributed by atoms with Crippen LogP contribution in [-0.4, -0.2) is 54.6 Å². The van der Waals surface area contributed by atoms with Crippen molar-refractivity contribution in [2.75, 3.05) is 32.1 Å². The highest BCUT2D eigenvalue weighted by Gasteiger charge is 2.65. The summed E-state index contributed by atoms with van der Waals surface area (Å²) in [6, 6.07) is 13.2. The first-order chi connectivity index (χ1) is 16.2. The Hall–Kier alpha value is -3.19. The highest BCUT2D eigenvalue weighted by Crippen LogP contribution is 2.48. The molecule has 7 heteroatoms. The van der Waals surface area contributed by atoms with Crippen LogP contribution in [0.15, 0.2) is 42.5 Å². The Morgan fingerprint density at radius 2 is 1.68 bits per heavy atom. The second-order valence-corrected chi connectivity index (χ2v) is 9.06. The molecule has 2 aromatic rings. The fourth-order valence-corrected chi connectivity index (χ4v) is 4.90. The first kappa shape index (κ1) is 25.4. The standard InChI is InChI=1S/C27H34N2O5/c1-6-29(7-2,17-23(30)34-18-21-11-9-8-10-12-21)27(13-14-27)26(32)28-24-20(4)15-19(3)16-22(24)25(31)33-5/h8-12,15-16H,6-7,13-14,17-18H2,1-5H3/p+1. The van der Waals surface area contributed by atoms with Crippen LogP contribution in [0, 0.1) is 13.8 Å². The highest BCUT2D eigenvalue weighted by molar-refractivity contribution is 6.05. The van der Waals surface area contributed by atoms with E-state index in [0.717, 1.165) is 16.7 Å². The molecule has 1 aliphatic carbocycles. The van der Waals surface area contributed by atoms with Crippen molar-refractivity contribution in [3.63, 3.8) is 0 Å². The first-order valence-electron chi connectivity index (χ1n) is 11.8. The van der Waals surface area contributed by atoms with Crippen molar-refractivity contribution < 1.29 is 28.3 Å². The van der Waals surface area contributed by atoms with Gasteiger partial charge in [0.05, 0.1) is 31.5 Å². The van der Waals surface area contributed by atoms with E-state index in [4.69, 9.17) is 9.47 Å². The van der Waals surface area contributed by atoms with E-state index in [0.29, 0.717) is 41.7 Å². The number of nitrogens with zero attached hydrogens (tertiary/aromatic N) is 1. The summed E-state index contributed by atoms with van der Waals surface area (Å²) in [5, 5.41) is 3.02. The number of ether oxygens (including phenoxy) is 2. The van der Waals surface area contributed by atoms with Crippen molar-refractivity contribution in [3.8, 4) is 0 Å². The third-order valence-corrected chi connectivity index (χ3v) is 7.06. The molecule has 34 heavy (non-hydrogen) atoms. The summed E-state index contributed by atoms with van der Waals surface area (Å²) < 4.78 is 10.8. The number of aryl methyl sites for hydroxylation is 2. The van der Waals surface area contributed by atoms with Gasteiger partial charge in [-0.3, -0.25) is 4.79 Å². The molecule has 1 fully saturated rings. The number of esters is 2. The minimum absolute atomic E-state index is 0.115. The molecule has 0 spiro atoms. The van der Waals surface area contributed by atoms with Gasteiger partial charge in [0.15, 0.2) is 12.1 Å². The third-order valence-electron chi connectivity index (χ3n) is 7.06. The fraction of sp³-hybridized carbons (Fsp3) is 0.444. The van der Waals surface area contributed by atoms with Crippen molar-refractivity contribution in [2.24, 2.45) is 0 Å².